The Labute approximate surface area is 187 Å². The Bertz CT molecular complexity index is 1060. The number of benzene rings is 2. The molecular weight excluding hydrogens is 408 g/mol. The zero-order valence-corrected chi connectivity index (χ0v) is 18.6. The minimum Gasteiger partial charge on any atom is -0.450 e. The molecule has 2 heterocycles. The van der Waals surface area contributed by atoms with Crippen LogP contribution in [-0.4, -0.2) is 47.3 Å². The van der Waals surface area contributed by atoms with Crippen molar-refractivity contribution in [2.24, 2.45) is 11.3 Å². The molecule has 32 heavy (non-hydrogen) atoms. The Morgan fingerprint density at radius 3 is 2.00 bits per heavy atom. The summed E-state index contributed by atoms with van der Waals surface area (Å²) in [6, 6.07) is 14.6. The predicted molar refractivity (Wildman–Crippen MR) is 118 cm³/mol. The van der Waals surface area contributed by atoms with E-state index in [4.69, 9.17) is 4.74 Å². The number of hydrogen-bond donors (Lipinski definition) is 0. The molecule has 0 aromatic heterocycles. The van der Waals surface area contributed by atoms with Gasteiger partial charge >= 0.3 is 5.97 Å². The second kappa shape index (κ2) is 7.89. The maximum absolute atomic E-state index is 13.3. The van der Waals surface area contributed by atoms with Gasteiger partial charge in [-0.05, 0) is 30.2 Å². The number of hydrogen-bond acceptors (Lipinski definition) is 5. The van der Waals surface area contributed by atoms with Crippen molar-refractivity contribution < 1.29 is 23.9 Å². The number of imide groups is 1. The van der Waals surface area contributed by atoms with Gasteiger partial charge in [-0.1, -0.05) is 58.0 Å². The Kier molecular flexibility index (Phi) is 5.36. The quantitative estimate of drug-likeness (QED) is 0.533. The molecule has 7 heteroatoms. The van der Waals surface area contributed by atoms with Crippen LogP contribution in [0.1, 0.15) is 48.4 Å². The molecule has 2 aromatic carbocycles. The average Bonchev–Trinajstić information content (AvgIpc) is 3.14. The fraction of sp³-hybridized carbons (Fsp3) is 0.360. The monoisotopic (exact) mass is 434 g/mol. The topological polar surface area (TPSA) is 84.0 Å². The molecule has 0 unspecified atom stereocenters. The first-order valence-electron chi connectivity index (χ1n) is 10.7. The van der Waals surface area contributed by atoms with Crippen LogP contribution in [0.4, 0.5) is 5.69 Å². The number of fused-ring (bicyclic) bond motifs is 1. The van der Waals surface area contributed by atoms with Crippen molar-refractivity contribution in [3.8, 4) is 0 Å². The van der Waals surface area contributed by atoms with Crippen molar-refractivity contribution in [1.29, 1.82) is 0 Å². The number of ether oxygens (including phenoxy) is 1. The van der Waals surface area contributed by atoms with Crippen molar-refractivity contribution in [2.75, 3.05) is 11.4 Å². The molecule has 2 aliphatic rings. The molecular formula is C25H26N2O5. The first kappa shape index (κ1) is 21.7. The number of anilines is 1. The van der Waals surface area contributed by atoms with Crippen LogP contribution in [0.3, 0.4) is 0 Å². The Hall–Kier alpha value is -3.48. The highest BCUT2D eigenvalue weighted by Crippen LogP contribution is 2.37. The summed E-state index contributed by atoms with van der Waals surface area (Å²) in [4.78, 5) is 55.0. The summed E-state index contributed by atoms with van der Waals surface area (Å²) >= 11 is 0. The molecule has 7 nitrogen and oxygen atoms in total. The van der Waals surface area contributed by atoms with Crippen molar-refractivity contribution in [2.45, 2.75) is 39.8 Å². The minimum absolute atomic E-state index is 0.267. The molecule has 2 atom stereocenters. The number of rotatable bonds is 5. The van der Waals surface area contributed by atoms with Crippen LogP contribution in [-0.2, 0) is 14.3 Å². The maximum atomic E-state index is 13.3. The maximum Gasteiger partial charge on any atom is 0.330 e. The van der Waals surface area contributed by atoms with Crippen LogP contribution in [0.15, 0.2) is 54.6 Å². The molecule has 3 amide bonds. The first-order chi connectivity index (χ1) is 15.1. The van der Waals surface area contributed by atoms with E-state index < -0.39 is 41.3 Å². The van der Waals surface area contributed by atoms with Gasteiger partial charge in [-0.3, -0.25) is 19.3 Å². The SMILES string of the molecule is CC(C)[C@@H](C(=O)O[C@H]1C(=O)N(c2ccccc2)CC1(C)C)N1C(=O)c2ccccc2C1=O. The van der Waals surface area contributed by atoms with Gasteiger partial charge in [0.15, 0.2) is 6.10 Å². The highest BCUT2D eigenvalue weighted by molar-refractivity contribution is 6.22. The predicted octanol–water partition coefficient (Wildman–Crippen LogP) is 3.29. The number of amides is 3. The number of para-hydroxylation sites is 1. The zero-order chi connectivity index (χ0) is 23.2. The van der Waals surface area contributed by atoms with Gasteiger partial charge < -0.3 is 9.64 Å². The van der Waals surface area contributed by atoms with E-state index in [-0.39, 0.29) is 17.0 Å². The van der Waals surface area contributed by atoms with E-state index in [0.717, 1.165) is 10.6 Å². The third-order valence-corrected chi connectivity index (χ3v) is 6.04. The third kappa shape index (κ3) is 3.47. The Morgan fingerprint density at radius 2 is 1.47 bits per heavy atom. The second-order valence-corrected chi connectivity index (χ2v) is 9.28. The van der Waals surface area contributed by atoms with E-state index in [9.17, 15) is 19.2 Å². The zero-order valence-electron chi connectivity index (χ0n) is 18.6. The number of esters is 1. The van der Waals surface area contributed by atoms with Gasteiger partial charge in [0.1, 0.15) is 6.04 Å². The van der Waals surface area contributed by atoms with Crippen LogP contribution in [0.2, 0.25) is 0 Å². The van der Waals surface area contributed by atoms with Crippen LogP contribution in [0.5, 0.6) is 0 Å². The largest absolute Gasteiger partial charge is 0.450 e. The van der Waals surface area contributed by atoms with Crippen molar-refractivity contribution in [3.05, 3.63) is 65.7 Å². The summed E-state index contributed by atoms with van der Waals surface area (Å²) in [6.07, 6.45) is -1.02. The summed E-state index contributed by atoms with van der Waals surface area (Å²) in [5, 5.41) is 0. The van der Waals surface area contributed by atoms with Gasteiger partial charge in [-0.2, -0.15) is 0 Å². The molecule has 2 aliphatic heterocycles. The first-order valence-corrected chi connectivity index (χ1v) is 10.7. The highest BCUT2D eigenvalue weighted by atomic mass is 16.6. The molecule has 0 radical (unpaired) electrons. The second-order valence-electron chi connectivity index (χ2n) is 9.28. The summed E-state index contributed by atoms with van der Waals surface area (Å²) in [7, 11) is 0. The van der Waals surface area contributed by atoms with Gasteiger partial charge in [0.2, 0.25) is 0 Å². The molecule has 0 saturated carbocycles. The standard InChI is InChI=1S/C25H26N2O5/c1-15(2)19(27-21(28)17-12-8-9-13-18(17)22(27)29)24(31)32-20-23(30)26(14-25(20,3)4)16-10-6-5-7-11-16/h5-13,15,19-20H,14H2,1-4H3/t19-,20-/m0/s1. The van der Waals surface area contributed by atoms with Gasteiger partial charge in [-0.25, -0.2) is 4.79 Å². The van der Waals surface area contributed by atoms with E-state index in [1.54, 1.807) is 43.0 Å². The fourth-order valence-corrected chi connectivity index (χ4v) is 4.40. The summed E-state index contributed by atoms with van der Waals surface area (Å²) in [6.45, 7) is 7.59. The number of carbonyl (C=O) groups excluding carboxylic acids is 4. The van der Waals surface area contributed by atoms with Crippen LogP contribution in [0, 0.1) is 11.3 Å². The summed E-state index contributed by atoms with van der Waals surface area (Å²) in [5.74, 6) is -2.52. The van der Waals surface area contributed by atoms with E-state index in [1.165, 1.54) is 0 Å². The molecule has 2 aromatic rings. The molecule has 1 saturated heterocycles. The summed E-state index contributed by atoms with van der Waals surface area (Å²) in [5.41, 5.74) is 0.614. The highest BCUT2D eigenvalue weighted by Gasteiger charge is 2.52. The lowest BCUT2D eigenvalue weighted by Gasteiger charge is -2.30. The summed E-state index contributed by atoms with van der Waals surface area (Å²) < 4.78 is 5.75. The average molecular weight is 434 g/mol. The molecule has 0 bridgehead atoms. The molecule has 166 valence electrons. The Morgan fingerprint density at radius 1 is 0.938 bits per heavy atom. The van der Waals surface area contributed by atoms with Crippen molar-refractivity contribution in [1.82, 2.24) is 4.90 Å². The lowest BCUT2D eigenvalue weighted by molar-refractivity contribution is -0.163. The Balaban J connectivity index is 1.60. The van der Waals surface area contributed by atoms with Gasteiger partial charge in [0.25, 0.3) is 17.7 Å². The minimum atomic E-state index is -1.13. The van der Waals surface area contributed by atoms with Gasteiger partial charge in [0.05, 0.1) is 11.1 Å². The normalized spacial score (nSPS) is 20.7. The van der Waals surface area contributed by atoms with Gasteiger partial charge in [0, 0.05) is 17.6 Å². The molecule has 4 rings (SSSR count). The lowest BCUT2D eigenvalue weighted by Crippen LogP contribution is -2.51. The lowest BCUT2D eigenvalue weighted by atomic mass is 9.89. The van der Waals surface area contributed by atoms with E-state index in [2.05, 4.69) is 0 Å². The van der Waals surface area contributed by atoms with Crippen molar-refractivity contribution in [3.63, 3.8) is 0 Å². The van der Waals surface area contributed by atoms with E-state index in [1.807, 2.05) is 44.2 Å². The number of carbonyl (C=O) groups is 4. The smallest absolute Gasteiger partial charge is 0.330 e. The van der Waals surface area contributed by atoms with Gasteiger partial charge in [-0.15, -0.1) is 0 Å². The van der Waals surface area contributed by atoms with Crippen LogP contribution in [0.25, 0.3) is 0 Å². The van der Waals surface area contributed by atoms with Crippen LogP contribution >= 0.6 is 0 Å². The van der Waals surface area contributed by atoms with E-state index in [0.29, 0.717) is 6.54 Å². The molecule has 0 aliphatic carbocycles. The third-order valence-electron chi connectivity index (χ3n) is 6.04. The number of nitrogens with zero attached hydrogens (tertiary/aromatic N) is 2. The fourth-order valence-electron chi connectivity index (χ4n) is 4.40. The molecule has 0 N–H and O–H groups in total. The van der Waals surface area contributed by atoms with Crippen molar-refractivity contribution >= 4 is 29.4 Å². The van der Waals surface area contributed by atoms with Crippen LogP contribution < -0.4 is 4.90 Å². The van der Waals surface area contributed by atoms with E-state index >= 15 is 0 Å². The molecule has 1 fully saturated rings. The molecule has 0 spiro atoms.